The number of amides is 1. The van der Waals surface area contributed by atoms with Gasteiger partial charge < -0.3 is 10.6 Å². The molecule has 1 saturated heterocycles. The van der Waals surface area contributed by atoms with Crippen molar-refractivity contribution in [2.24, 2.45) is 5.73 Å². The highest BCUT2D eigenvalue weighted by molar-refractivity contribution is 5.82. The molecule has 0 bridgehead atoms. The Morgan fingerprint density at radius 2 is 2.21 bits per heavy atom. The maximum Gasteiger partial charge on any atom is 0.239 e. The van der Waals surface area contributed by atoms with Gasteiger partial charge in [0, 0.05) is 6.54 Å². The largest absolute Gasteiger partial charge is 0.334 e. The van der Waals surface area contributed by atoms with Gasteiger partial charge in [0.05, 0.1) is 12.1 Å². The number of hydrogen-bond donors (Lipinski definition) is 1. The minimum atomic E-state index is -0.338. The Bertz CT molecular complexity index is 444. The highest BCUT2D eigenvalue weighted by Gasteiger charge is 2.32. The topological polar surface area (TPSA) is 46.3 Å². The van der Waals surface area contributed by atoms with Crippen molar-refractivity contribution in [1.29, 1.82) is 0 Å². The van der Waals surface area contributed by atoms with E-state index in [1.807, 2.05) is 11.0 Å². The van der Waals surface area contributed by atoms with E-state index in [1.54, 1.807) is 0 Å². The van der Waals surface area contributed by atoms with Crippen molar-refractivity contribution < 1.29 is 4.79 Å². The van der Waals surface area contributed by atoms with Crippen LogP contribution in [0.15, 0.2) is 24.3 Å². The van der Waals surface area contributed by atoms with Crippen LogP contribution in [0.1, 0.15) is 49.8 Å². The number of nitrogens with two attached hydrogens (primary N) is 1. The number of nitrogens with zero attached hydrogens (tertiary/aromatic N) is 1. The van der Waals surface area contributed by atoms with Crippen LogP contribution in [-0.4, -0.2) is 23.4 Å². The van der Waals surface area contributed by atoms with Crippen LogP contribution in [0.25, 0.3) is 0 Å². The number of likely N-dealkylation sites (tertiary alicyclic amines) is 1. The van der Waals surface area contributed by atoms with E-state index in [0.29, 0.717) is 0 Å². The smallest absolute Gasteiger partial charge is 0.239 e. The highest BCUT2D eigenvalue weighted by Crippen LogP contribution is 2.34. The molecule has 1 unspecified atom stereocenters. The van der Waals surface area contributed by atoms with E-state index >= 15 is 0 Å². The molecule has 1 amide bonds. The Labute approximate surface area is 115 Å². The number of benzene rings is 1. The second-order valence-corrected chi connectivity index (χ2v) is 5.44. The summed E-state index contributed by atoms with van der Waals surface area (Å²) in [4.78, 5) is 14.4. The van der Waals surface area contributed by atoms with Gasteiger partial charge in [-0.25, -0.2) is 0 Å². The van der Waals surface area contributed by atoms with Gasteiger partial charge in [-0.05, 0) is 37.3 Å². The zero-order valence-electron chi connectivity index (χ0n) is 11.9. The van der Waals surface area contributed by atoms with Crippen LogP contribution in [0.3, 0.4) is 0 Å². The molecule has 0 aromatic heterocycles. The lowest BCUT2D eigenvalue weighted by molar-refractivity contribution is -0.133. The number of carbonyl (C=O) groups excluding carboxylic acids is 1. The molecule has 1 fully saturated rings. The molecule has 3 nitrogen and oxygen atoms in total. The van der Waals surface area contributed by atoms with Crippen molar-refractivity contribution >= 4 is 5.91 Å². The second-order valence-electron chi connectivity index (χ2n) is 5.44. The van der Waals surface area contributed by atoms with Crippen molar-refractivity contribution in [3.05, 3.63) is 35.4 Å². The molecule has 2 rings (SSSR count). The Hall–Kier alpha value is -1.35. The number of carbonyl (C=O) groups is 1. The zero-order valence-corrected chi connectivity index (χ0v) is 11.9. The first-order valence-corrected chi connectivity index (χ1v) is 7.26. The van der Waals surface area contributed by atoms with Gasteiger partial charge in [-0.2, -0.15) is 0 Å². The van der Waals surface area contributed by atoms with E-state index in [4.69, 9.17) is 5.73 Å². The second kappa shape index (κ2) is 6.20. The minimum absolute atomic E-state index is 0.118. The summed E-state index contributed by atoms with van der Waals surface area (Å²) >= 11 is 0. The third-order valence-corrected chi connectivity index (χ3v) is 4.00. The van der Waals surface area contributed by atoms with Gasteiger partial charge >= 0.3 is 0 Å². The average molecular weight is 260 g/mol. The van der Waals surface area contributed by atoms with E-state index in [2.05, 4.69) is 32.0 Å². The number of aryl methyl sites for hydroxylation is 1. The summed E-state index contributed by atoms with van der Waals surface area (Å²) in [7, 11) is 0. The molecule has 2 atom stereocenters. The van der Waals surface area contributed by atoms with E-state index in [9.17, 15) is 4.79 Å². The van der Waals surface area contributed by atoms with Gasteiger partial charge in [0.15, 0.2) is 0 Å². The van der Waals surface area contributed by atoms with E-state index in [0.717, 1.165) is 32.2 Å². The fourth-order valence-electron chi connectivity index (χ4n) is 2.96. The van der Waals surface area contributed by atoms with Crippen LogP contribution < -0.4 is 5.73 Å². The van der Waals surface area contributed by atoms with Crippen LogP contribution in [0.4, 0.5) is 0 Å². The highest BCUT2D eigenvalue weighted by atomic mass is 16.2. The van der Waals surface area contributed by atoms with Gasteiger partial charge in [0.25, 0.3) is 0 Å². The molecule has 2 N–H and O–H groups in total. The van der Waals surface area contributed by atoms with E-state index < -0.39 is 0 Å². The van der Waals surface area contributed by atoms with Crippen molar-refractivity contribution in [2.75, 3.05) is 6.54 Å². The van der Waals surface area contributed by atoms with Crippen LogP contribution in [-0.2, 0) is 4.79 Å². The predicted molar refractivity (Wildman–Crippen MR) is 77.8 cm³/mol. The third kappa shape index (κ3) is 2.98. The fourth-order valence-corrected chi connectivity index (χ4v) is 2.96. The van der Waals surface area contributed by atoms with E-state index in [1.165, 1.54) is 11.1 Å². The molecule has 1 aliphatic rings. The van der Waals surface area contributed by atoms with E-state index in [-0.39, 0.29) is 18.0 Å². The Morgan fingerprint density at radius 1 is 1.47 bits per heavy atom. The third-order valence-electron chi connectivity index (χ3n) is 4.00. The molecule has 0 saturated carbocycles. The van der Waals surface area contributed by atoms with Gasteiger partial charge in [-0.3, -0.25) is 4.79 Å². The zero-order chi connectivity index (χ0) is 13.8. The van der Waals surface area contributed by atoms with Crippen molar-refractivity contribution in [1.82, 2.24) is 4.90 Å². The predicted octanol–water partition coefficient (Wildman–Crippen LogP) is 2.79. The SMILES string of the molecule is CCC[C@@H](N)C(=O)N1CCCC1c1ccccc1C. The molecule has 104 valence electrons. The first kappa shape index (κ1) is 14.1. The Kier molecular flexibility index (Phi) is 4.59. The molecule has 1 heterocycles. The minimum Gasteiger partial charge on any atom is -0.334 e. The molecular weight excluding hydrogens is 236 g/mol. The molecular formula is C16H24N2O. The average Bonchev–Trinajstić information content (AvgIpc) is 2.87. The molecule has 3 heteroatoms. The lowest BCUT2D eigenvalue weighted by atomic mass is 9.99. The molecule has 1 aromatic rings. The first-order valence-electron chi connectivity index (χ1n) is 7.26. The maximum absolute atomic E-state index is 12.4. The molecule has 1 aliphatic heterocycles. The van der Waals surface area contributed by atoms with Gasteiger partial charge in [-0.1, -0.05) is 37.6 Å². The summed E-state index contributed by atoms with van der Waals surface area (Å²) in [5.74, 6) is 0.118. The molecule has 19 heavy (non-hydrogen) atoms. The Morgan fingerprint density at radius 3 is 2.89 bits per heavy atom. The molecule has 0 spiro atoms. The molecule has 0 aliphatic carbocycles. The van der Waals surface area contributed by atoms with Crippen LogP contribution >= 0.6 is 0 Å². The van der Waals surface area contributed by atoms with Crippen molar-refractivity contribution in [3.8, 4) is 0 Å². The summed E-state index contributed by atoms with van der Waals surface area (Å²) < 4.78 is 0. The first-order chi connectivity index (χ1) is 9.15. The quantitative estimate of drug-likeness (QED) is 0.905. The maximum atomic E-state index is 12.4. The summed E-state index contributed by atoms with van der Waals surface area (Å²) in [6.07, 6.45) is 3.85. The summed E-state index contributed by atoms with van der Waals surface area (Å²) in [6, 6.07) is 8.23. The Balaban J connectivity index is 2.17. The van der Waals surface area contributed by atoms with Crippen LogP contribution in [0, 0.1) is 6.92 Å². The number of hydrogen-bond acceptors (Lipinski definition) is 2. The summed E-state index contributed by atoms with van der Waals surface area (Å²) in [5, 5.41) is 0. The van der Waals surface area contributed by atoms with Crippen molar-refractivity contribution in [3.63, 3.8) is 0 Å². The molecule has 0 radical (unpaired) electrons. The van der Waals surface area contributed by atoms with Gasteiger partial charge in [0.2, 0.25) is 5.91 Å². The summed E-state index contributed by atoms with van der Waals surface area (Å²) in [5.41, 5.74) is 8.53. The normalized spacial score (nSPS) is 20.6. The lowest BCUT2D eigenvalue weighted by Gasteiger charge is -2.28. The number of rotatable bonds is 4. The molecule has 1 aromatic carbocycles. The monoisotopic (exact) mass is 260 g/mol. The van der Waals surface area contributed by atoms with Crippen molar-refractivity contribution in [2.45, 2.75) is 51.6 Å². The summed E-state index contributed by atoms with van der Waals surface area (Å²) in [6.45, 7) is 5.02. The van der Waals surface area contributed by atoms with Crippen LogP contribution in [0.2, 0.25) is 0 Å². The fraction of sp³-hybridized carbons (Fsp3) is 0.562. The van der Waals surface area contributed by atoms with Gasteiger partial charge in [-0.15, -0.1) is 0 Å². The van der Waals surface area contributed by atoms with Crippen LogP contribution in [0.5, 0.6) is 0 Å². The van der Waals surface area contributed by atoms with Gasteiger partial charge in [0.1, 0.15) is 0 Å². The standard InChI is InChI=1S/C16H24N2O/c1-3-7-14(17)16(19)18-11-6-10-15(18)13-9-5-4-8-12(13)2/h4-5,8-9,14-15H,3,6-7,10-11,17H2,1-2H3/t14-,15?/m1/s1. The lowest BCUT2D eigenvalue weighted by Crippen LogP contribution is -2.43.